The molecule has 0 aromatic heterocycles. The van der Waals surface area contributed by atoms with Crippen LogP contribution in [0.4, 0.5) is 104 Å². The molecule has 2 unspecified atom stereocenters. The molecule has 4 aliphatic rings. The van der Waals surface area contributed by atoms with E-state index in [9.17, 15) is 112 Å². The molecule has 17 nitrogen and oxygen atoms in total. The Morgan fingerprint density at radius 3 is 1.32 bits per heavy atom. The summed E-state index contributed by atoms with van der Waals surface area (Å²) < 4.78 is 251. The number of nitrogen functional groups attached to an aromatic ring is 2. The van der Waals surface area contributed by atoms with Crippen molar-refractivity contribution in [2.75, 3.05) is 11.5 Å². The molecule has 51 heteroatoms. The fourth-order valence-electron chi connectivity index (χ4n) is 9.06. The zero-order valence-electron chi connectivity index (χ0n) is 54.6. The summed E-state index contributed by atoms with van der Waals surface area (Å²) >= 11 is 27.3. The summed E-state index contributed by atoms with van der Waals surface area (Å²) in [5, 5.41) is 30.7. The first kappa shape index (κ1) is 100. The van der Waals surface area contributed by atoms with Gasteiger partial charge in [0, 0.05) is 29.7 Å². The molecule has 7 N–H and O–H groups in total. The maximum atomic E-state index is 12.2. The van der Waals surface area contributed by atoms with Crippen LogP contribution in [0.3, 0.4) is 0 Å². The number of non-ortho nitro benzene ring substituents is 1. The number of ether oxygens (including phenoxy) is 1. The van der Waals surface area contributed by atoms with Crippen molar-refractivity contribution in [2.24, 2.45) is 4.30 Å². The van der Waals surface area contributed by atoms with Gasteiger partial charge in [-0.05, 0) is 170 Å². The topological polar surface area (TPSA) is 279 Å². The third kappa shape index (κ3) is 32.1. The van der Waals surface area contributed by atoms with Crippen molar-refractivity contribution in [1.82, 2.24) is 10.6 Å². The third-order valence-electron chi connectivity index (χ3n) is 13.6. The molecule has 2 saturated heterocycles. The van der Waals surface area contributed by atoms with Crippen molar-refractivity contribution in [3.63, 3.8) is 0 Å². The van der Waals surface area contributed by atoms with Gasteiger partial charge >= 0.3 is 203 Å². The number of rotatable bonds is 10. The van der Waals surface area contributed by atoms with E-state index in [1.165, 1.54) is 5.56 Å². The number of aryl methyl sites for hydroxylation is 3. The van der Waals surface area contributed by atoms with Crippen LogP contribution in [0.25, 0.3) is 0 Å². The SMILES string of the molecule is Cc1ccc(Oc2ccc3c(c2)CC[C@H]3C2SC(=O)NC2=O)c(Cl)c1.FS(F)(F)(F)(F)c1ccc(Cl)c(Cl)c1.Nc1ccc(S(F)(F)(F)(F)F)cc1.Nc1ccc(S(F)(F)(F)(F)F)cc1Cl.O=C1NC(=O)C([C@@H]2CCc3cc(O)ccc32)S1.O=CO[O-].O=[N+]([O-])c1ccc(S(F)(F)(F)(F)F)cc1.[B]=NS.[Cs+].[Cs+].[H-]. The van der Waals surface area contributed by atoms with Gasteiger partial charge in [-0.3, -0.25) is 44.7 Å². The quantitative estimate of drug-likeness (QED) is 0.0109. The average Bonchev–Trinajstić information content (AvgIpc) is 1.07. The van der Waals surface area contributed by atoms with E-state index in [1.807, 2.05) is 49.4 Å². The molecule has 0 spiro atoms. The van der Waals surface area contributed by atoms with Gasteiger partial charge in [-0.1, -0.05) is 166 Å². The number of hydrogen-bond acceptors (Lipinski definition) is 17. The van der Waals surface area contributed by atoms with E-state index < -0.39 is 81.1 Å². The van der Waals surface area contributed by atoms with Gasteiger partial charge in [-0.2, -0.15) is 0 Å². The van der Waals surface area contributed by atoms with E-state index in [-0.39, 0.29) is 261 Å². The van der Waals surface area contributed by atoms with E-state index in [2.05, 4.69) is 40.3 Å². The molecule has 7 aromatic carbocycles. The molecule has 4 atom stereocenters. The van der Waals surface area contributed by atoms with E-state index >= 15 is 0 Å². The first-order chi connectivity index (χ1) is 47.2. The number of amides is 4. The van der Waals surface area contributed by atoms with Crippen LogP contribution < -0.4 is 170 Å². The summed E-state index contributed by atoms with van der Waals surface area (Å²) in [7, 11) is -34.1. The minimum atomic E-state index is -9.71. The Morgan fingerprint density at radius 1 is 0.570 bits per heavy atom. The largest absolute Gasteiger partial charge is 1.00 e. The van der Waals surface area contributed by atoms with Crippen molar-refractivity contribution >= 4 is 177 Å². The molecule has 0 saturated carbocycles. The number of carbonyl (C=O) groups excluding carboxylic acids is 5. The molecule has 0 bridgehead atoms. The number of aromatic hydroxyl groups is 1. The number of thioether (sulfide) groups is 2. The van der Waals surface area contributed by atoms with Gasteiger partial charge in [-0.25, -0.2) is 0 Å². The molecule has 7 aromatic rings. The summed E-state index contributed by atoms with van der Waals surface area (Å²) in [4.78, 5) is 58.4. The molecule has 2 fully saturated rings. The van der Waals surface area contributed by atoms with Crippen molar-refractivity contribution in [2.45, 2.75) is 74.5 Å². The van der Waals surface area contributed by atoms with Gasteiger partial charge in [0.2, 0.25) is 11.8 Å². The second-order valence-electron chi connectivity index (χ2n) is 21.5. The monoisotopic (exact) mass is 2000 g/mol. The summed E-state index contributed by atoms with van der Waals surface area (Å²) in [5.41, 5.74) is 14.8. The van der Waals surface area contributed by atoms with E-state index in [0.29, 0.717) is 35.0 Å². The standard InChI is InChI=1S/C19H16ClNO3S.C12H11NO3S.C6H3Cl2F5S.C6H5ClF5NS.C6H4F5NO2S.C6H6F5NS.CH2O3.BHNS.2Cs.H/c1-10-2-7-16(15(20)8-10)24-12-4-6-13-11(9-12)3-5-14(13)17-18(22)21-19(23)25-17;14-7-2-4-8-6(5-7)1-3-9(8)10-11(15)13-12(16)17-10;7-5-2-1-4(3-6(5)8)14(9,10,11,12)13;7-5-3-4(1-2-6(5)13)14(8,9,10,11)12;7-15(8,9,10,11)6-3-1-5(2-4-6)12(13)14;7-13(8,9,10,11)6-3-1-5(12)2-4-6;2-1-4-3;1-2-3;;;/h2,4,6-9,14,17H,3,5H2,1H3,(H,21,22,23);2,4-5,9-10,14H,1,3H2,(H,13,15,16);1-3H;1-3H,13H2;1-4H;1-4H,12H2;1,3H;3H;;;/q;;;;;;;;2*+1;-1/p-1/t14-,17?;9-,10?;;;;;;;;;/m11........./s1. The Kier molecular flexibility index (Phi) is 32.4. The van der Waals surface area contributed by atoms with Crippen LogP contribution in [-0.2, 0) is 32.1 Å². The van der Waals surface area contributed by atoms with E-state index in [4.69, 9.17) is 72.7 Å². The van der Waals surface area contributed by atoms with Crippen LogP contribution in [-0.4, -0.2) is 56.9 Å². The van der Waals surface area contributed by atoms with Crippen molar-refractivity contribution < 1.29 is 266 Å². The third-order valence-corrected chi connectivity index (χ3v) is 21.8. The zero-order valence-corrected chi connectivity index (χ0v) is 75.0. The number of benzene rings is 7. The van der Waals surface area contributed by atoms with Gasteiger partial charge < -0.3 is 32.9 Å². The van der Waals surface area contributed by atoms with Gasteiger partial charge in [0.15, 0.2) is 0 Å². The first-order valence-electron chi connectivity index (χ1n) is 27.4. The Hall–Kier alpha value is -2.97. The van der Waals surface area contributed by atoms with Gasteiger partial charge in [-0.15, -0.1) is 0 Å². The van der Waals surface area contributed by atoms with Crippen LogP contribution >= 0.6 is 124 Å². The fourth-order valence-corrected chi connectivity index (χ4v) is 14.6. The number of nitro groups is 1. The number of halogens is 24. The smallest absolute Gasteiger partial charge is 1.00 e. The number of nitro benzene ring substituents is 1. The number of phenols is 1. The van der Waals surface area contributed by atoms with Gasteiger partial charge in [0.05, 0.1) is 30.7 Å². The van der Waals surface area contributed by atoms with E-state index in [1.54, 1.807) is 12.1 Å². The summed E-state index contributed by atoms with van der Waals surface area (Å²) in [6, 6.07) is 21.7. The molecular formula is C56H48BCl4Cs2F20N6O11S7. The Labute approximate surface area is 747 Å². The Balaban J connectivity index is 0.000000643. The van der Waals surface area contributed by atoms with Crippen LogP contribution in [0, 0.1) is 17.0 Å². The molecule has 2 heterocycles. The number of fused-ring (bicyclic) bond motifs is 2. The molecule has 583 valence electrons. The fraction of sp³-hybridized carbons (Fsp3) is 0.161. The molecule has 2 aliphatic carbocycles. The number of nitrogens with two attached hydrogens (primary N) is 2. The normalized spacial score (nSPS) is 18.7. The number of hydrogen-bond donors (Lipinski definition) is 6. The van der Waals surface area contributed by atoms with Crippen molar-refractivity contribution in [3.8, 4) is 17.2 Å². The molecule has 107 heavy (non-hydrogen) atoms. The second-order valence-corrected chi connectivity index (χ2v) is 35.2. The van der Waals surface area contributed by atoms with Crippen LogP contribution in [0.1, 0.15) is 53.9 Å². The minimum absolute atomic E-state index is 0. The van der Waals surface area contributed by atoms with Gasteiger partial charge in [0.1, 0.15) is 47.3 Å². The minimum Gasteiger partial charge on any atom is -1.00 e. The second kappa shape index (κ2) is 34.6. The van der Waals surface area contributed by atoms with Crippen LogP contribution in [0.2, 0.25) is 20.1 Å². The first-order valence-corrected chi connectivity index (χ1v) is 38.9. The maximum Gasteiger partial charge on any atom is 1.00 e. The van der Waals surface area contributed by atoms with E-state index in [0.717, 1.165) is 89.3 Å². The van der Waals surface area contributed by atoms with Gasteiger partial charge in [0.25, 0.3) is 22.6 Å². The number of anilines is 2. The summed E-state index contributed by atoms with van der Waals surface area (Å²) in [6.07, 6.45) is 3.45. The number of thiol groups is 1. The molecule has 1 radical (unpaired) electrons. The molecule has 2 aliphatic heterocycles. The number of carbonyl (C=O) groups is 5. The molecule has 11 rings (SSSR count). The number of phenolic OH excluding ortho intramolecular Hbond substituents is 1. The number of nitrogens with one attached hydrogen (secondary N) is 2. The Morgan fingerprint density at radius 2 is 0.953 bits per heavy atom. The average molecular weight is 2000 g/mol. The van der Waals surface area contributed by atoms with Crippen LogP contribution in [0.15, 0.2) is 163 Å². The number of nitrogens with zero attached hydrogens (tertiary/aromatic N) is 2. The molecule has 4 amide bonds. The number of imide groups is 2. The predicted molar refractivity (Wildman–Crippen MR) is 370 cm³/mol. The molecular weight excluding hydrogens is 1960 g/mol. The summed E-state index contributed by atoms with van der Waals surface area (Å²) in [5.74, 6) is 1.39. The van der Waals surface area contributed by atoms with Crippen molar-refractivity contribution in [1.29, 1.82) is 0 Å². The Bertz CT molecular complexity index is 4450. The zero-order chi connectivity index (χ0) is 80.5. The maximum absolute atomic E-state index is 12.2. The van der Waals surface area contributed by atoms with Crippen LogP contribution in [0.5, 0.6) is 17.2 Å². The predicted octanol–water partition coefficient (Wildman–Crippen LogP) is 17.7. The van der Waals surface area contributed by atoms with Crippen molar-refractivity contribution in [3.05, 3.63) is 198 Å². The summed E-state index contributed by atoms with van der Waals surface area (Å²) in [6.45, 7) is 1.80.